The Kier molecular flexibility index (Phi) is 3.74. The second-order valence-corrected chi connectivity index (χ2v) is 4.12. The Labute approximate surface area is 94.4 Å². The van der Waals surface area contributed by atoms with E-state index in [9.17, 15) is 0 Å². The zero-order valence-corrected chi connectivity index (χ0v) is 9.30. The van der Waals surface area contributed by atoms with E-state index in [0.717, 1.165) is 25.9 Å². The topological polar surface area (TPSA) is 88.4 Å². The third-order valence-electron chi connectivity index (χ3n) is 2.83. The van der Waals surface area contributed by atoms with Crippen molar-refractivity contribution in [1.82, 2.24) is 10.1 Å². The van der Waals surface area contributed by atoms with E-state index in [1.165, 1.54) is 12.8 Å². The highest BCUT2D eigenvalue weighted by Crippen LogP contribution is 2.17. The number of aliphatic hydroxyl groups is 1. The van der Waals surface area contributed by atoms with Gasteiger partial charge in [-0.1, -0.05) is 12.8 Å². The van der Waals surface area contributed by atoms with Gasteiger partial charge in [0.1, 0.15) is 6.04 Å². The van der Waals surface area contributed by atoms with E-state index in [0.29, 0.717) is 11.8 Å². The minimum atomic E-state index is -0.576. The molecule has 0 spiro atoms. The minimum absolute atomic E-state index is 0.179. The van der Waals surface area contributed by atoms with Crippen LogP contribution in [0.4, 0.5) is 5.95 Å². The molecule has 6 heteroatoms. The molecule has 1 aromatic rings. The molecule has 0 aromatic carbocycles. The maximum atomic E-state index is 8.89. The largest absolute Gasteiger partial charge is 0.394 e. The number of nitrogens with two attached hydrogens (primary N) is 1. The summed E-state index contributed by atoms with van der Waals surface area (Å²) in [5, 5.41) is 12.8. The van der Waals surface area contributed by atoms with Crippen molar-refractivity contribution in [2.45, 2.75) is 31.7 Å². The maximum absolute atomic E-state index is 8.89. The highest BCUT2D eigenvalue weighted by Gasteiger charge is 2.18. The summed E-state index contributed by atoms with van der Waals surface area (Å²) in [7, 11) is 0. The van der Waals surface area contributed by atoms with Gasteiger partial charge >= 0.3 is 0 Å². The third-order valence-corrected chi connectivity index (χ3v) is 2.83. The van der Waals surface area contributed by atoms with Crippen LogP contribution in [0.2, 0.25) is 0 Å². The van der Waals surface area contributed by atoms with Crippen molar-refractivity contribution in [2.75, 3.05) is 24.6 Å². The minimum Gasteiger partial charge on any atom is -0.394 e. The number of hydrogen-bond acceptors (Lipinski definition) is 6. The highest BCUT2D eigenvalue weighted by atomic mass is 16.5. The van der Waals surface area contributed by atoms with Crippen LogP contribution in [0, 0.1) is 0 Å². The van der Waals surface area contributed by atoms with Gasteiger partial charge in [0.25, 0.3) is 5.95 Å². The van der Waals surface area contributed by atoms with Gasteiger partial charge < -0.3 is 20.3 Å². The Morgan fingerprint density at radius 3 is 2.62 bits per heavy atom. The van der Waals surface area contributed by atoms with Crippen LogP contribution < -0.4 is 10.6 Å². The first kappa shape index (κ1) is 11.3. The molecule has 1 aliphatic rings. The summed E-state index contributed by atoms with van der Waals surface area (Å²) >= 11 is 0. The van der Waals surface area contributed by atoms with Crippen LogP contribution in [-0.2, 0) is 0 Å². The van der Waals surface area contributed by atoms with Crippen LogP contribution in [-0.4, -0.2) is 34.9 Å². The molecule has 1 fully saturated rings. The average molecular weight is 226 g/mol. The van der Waals surface area contributed by atoms with Gasteiger partial charge in [-0.15, -0.1) is 0 Å². The molecular formula is C10H18N4O2. The Hall–Kier alpha value is -1.14. The molecule has 2 rings (SSSR count). The fraction of sp³-hybridized carbons (Fsp3) is 0.800. The molecule has 1 saturated heterocycles. The van der Waals surface area contributed by atoms with Gasteiger partial charge in [-0.3, -0.25) is 0 Å². The van der Waals surface area contributed by atoms with Crippen LogP contribution in [0.25, 0.3) is 0 Å². The van der Waals surface area contributed by atoms with Crippen molar-refractivity contribution in [3.63, 3.8) is 0 Å². The summed E-state index contributed by atoms with van der Waals surface area (Å²) in [6.07, 6.45) is 4.85. The van der Waals surface area contributed by atoms with Crippen molar-refractivity contribution in [3.8, 4) is 0 Å². The molecule has 90 valence electrons. The van der Waals surface area contributed by atoms with E-state index in [-0.39, 0.29) is 6.61 Å². The van der Waals surface area contributed by atoms with Gasteiger partial charge in [0.05, 0.1) is 6.61 Å². The molecule has 0 saturated carbocycles. The fourth-order valence-electron chi connectivity index (χ4n) is 1.85. The molecule has 0 bridgehead atoms. The lowest BCUT2D eigenvalue weighted by molar-refractivity contribution is 0.237. The van der Waals surface area contributed by atoms with Gasteiger partial charge in [-0.25, -0.2) is 0 Å². The van der Waals surface area contributed by atoms with Crippen molar-refractivity contribution >= 4 is 5.95 Å². The average Bonchev–Trinajstić information content (AvgIpc) is 2.64. The van der Waals surface area contributed by atoms with Crippen molar-refractivity contribution < 1.29 is 9.63 Å². The summed E-state index contributed by atoms with van der Waals surface area (Å²) in [4.78, 5) is 6.32. The lowest BCUT2D eigenvalue weighted by atomic mass is 10.2. The molecule has 0 aliphatic carbocycles. The van der Waals surface area contributed by atoms with Crippen LogP contribution >= 0.6 is 0 Å². The smallest absolute Gasteiger partial charge is 0.266 e. The van der Waals surface area contributed by atoms with Crippen LogP contribution in [0.3, 0.4) is 0 Å². The van der Waals surface area contributed by atoms with Gasteiger partial charge in [-0.2, -0.15) is 4.98 Å². The normalized spacial score (nSPS) is 19.5. The Bertz CT molecular complexity index is 320. The van der Waals surface area contributed by atoms with Gasteiger partial charge in [0, 0.05) is 13.1 Å². The molecule has 1 atom stereocenters. The van der Waals surface area contributed by atoms with E-state index >= 15 is 0 Å². The Morgan fingerprint density at radius 2 is 2.00 bits per heavy atom. The van der Waals surface area contributed by atoms with Gasteiger partial charge in [-0.05, 0) is 18.0 Å². The number of nitrogens with zero attached hydrogens (tertiary/aromatic N) is 3. The summed E-state index contributed by atoms with van der Waals surface area (Å²) < 4.78 is 5.02. The molecular weight excluding hydrogens is 208 g/mol. The summed E-state index contributed by atoms with van der Waals surface area (Å²) in [5.74, 6) is 0.905. The monoisotopic (exact) mass is 226 g/mol. The van der Waals surface area contributed by atoms with E-state index in [1.807, 2.05) is 0 Å². The van der Waals surface area contributed by atoms with Gasteiger partial charge in [0.15, 0.2) is 0 Å². The first-order chi connectivity index (χ1) is 7.81. The first-order valence-electron chi connectivity index (χ1n) is 5.76. The molecule has 1 unspecified atom stereocenters. The Balaban J connectivity index is 2.05. The number of aliphatic hydroxyl groups excluding tert-OH is 1. The zero-order chi connectivity index (χ0) is 11.4. The predicted molar refractivity (Wildman–Crippen MR) is 59.0 cm³/mol. The zero-order valence-electron chi connectivity index (χ0n) is 9.30. The van der Waals surface area contributed by atoms with E-state index < -0.39 is 6.04 Å². The molecule has 3 N–H and O–H groups in total. The second kappa shape index (κ2) is 5.27. The van der Waals surface area contributed by atoms with Crippen LogP contribution in [0.1, 0.15) is 37.6 Å². The lowest BCUT2D eigenvalue weighted by Crippen LogP contribution is -2.25. The SMILES string of the molecule is NC(CO)c1nc(N2CCCCCC2)no1. The van der Waals surface area contributed by atoms with Crippen LogP contribution in [0.15, 0.2) is 4.52 Å². The quantitative estimate of drug-likeness (QED) is 0.777. The summed E-state index contributed by atoms with van der Waals surface area (Å²) in [6, 6.07) is -0.576. The molecule has 16 heavy (non-hydrogen) atoms. The number of anilines is 1. The van der Waals surface area contributed by atoms with Gasteiger partial charge in [0.2, 0.25) is 5.89 Å². The Morgan fingerprint density at radius 1 is 1.31 bits per heavy atom. The highest BCUT2D eigenvalue weighted by molar-refractivity contribution is 5.27. The van der Waals surface area contributed by atoms with E-state index in [2.05, 4.69) is 15.0 Å². The number of aromatic nitrogens is 2. The van der Waals surface area contributed by atoms with Crippen molar-refractivity contribution in [1.29, 1.82) is 0 Å². The van der Waals surface area contributed by atoms with E-state index in [1.54, 1.807) is 0 Å². The van der Waals surface area contributed by atoms with E-state index in [4.69, 9.17) is 15.4 Å². The van der Waals surface area contributed by atoms with Crippen LogP contribution in [0.5, 0.6) is 0 Å². The standard InChI is InChI=1S/C10H18N4O2/c11-8(7-15)9-12-10(13-16-9)14-5-3-1-2-4-6-14/h8,15H,1-7,11H2. The molecule has 0 amide bonds. The fourth-order valence-corrected chi connectivity index (χ4v) is 1.85. The summed E-state index contributed by atoms with van der Waals surface area (Å²) in [5.41, 5.74) is 5.60. The van der Waals surface area contributed by atoms with Crippen molar-refractivity contribution in [3.05, 3.63) is 5.89 Å². The second-order valence-electron chi connectivity index (χ2n) is 4.12. The van der Waals surface area contributed by atoms with Crippen molar-refractivity contribution in [2.24, 2.45) is 5.73 Å². The third kappa shape index (κ3) is 2.51. The lowest BCUT2D eigenvalue weighted by Gasteiger charge is -2.16. The summed E-state index contributed by atoms with van der Waals surface area (Å²) in [6.45, 7) is 1.75. The molecule has 6 nitrogen and oxygen atoms in total. The molecule has 1 aromatic heterocycles. The molecule has 1 aliphatic heterocycles. The predicted octanol–water partition coefficient (Wildman–Crippen LogP) is 0.442. The maximum Gasteiger partial charge on any atom is 0.266 e. The molecule has 0 radical (unpaired) electrons. The number of hydrogen-bond donors (Lipinski definition) is 2. The first-order valence-corrected chi connectivity index (χ1v) is 5.76. The number of rotatable bonds is 3. The molecule has 2 heterocycles.